The molecule has 39 heavy (non-hydrogen) atoms. The van der Waals surface area contributed by atoms with E-state index in [0.717, 1.165) is 5.56 Å². The first-order valence-corrected chi connectivity index (χ1v) is 13.7. The molecule has 3 aromatic rings. The zero-order valence-corrected chi connectivity index (χ0v) is 23.6. The lowest BCUT2D eigenvalue weighted by Crippen LogP contribution is -2.51. The first kappa shape index (κ1) is 28.4. The second-order valence-electron chi connectivity index (χ2n) is 10.8. The second kappa shape index (κ2) is 12.0. The minimum absolute atomic E-state index is 0.100. The van der Waals surface area contributed by atoms with Crippen molar-refractivity contribution in [3.05, 3.63) is 78.2 Å². The summed E-state index contributed by atoms with van der Waals surface area (Å²) >= 11 is 0. The van der Waals surface area contributed by atoms with Gasteiger partial charge >= 0.3 is 6.09 Å². The van der Waals surface area contributed by atoms with Gasteiger partial charge in [-0.15, -0.1) is 0 Å². The van der Waals surface area contributed by atoms with Crippen LogP contribution in [0.25, 0.3) is 11.3 Å². The molecule has 0 saturated carbocycles. The van der Waals surface area contributed by atoms with Gasteiger partial charge in [0, 0.05) is 51.0 Å². The van der Waals surface area contributed by atoms with Crippen molar-refractivity contribution in [3.8, 4) is 11.3 Å². The SMILES string of the molecule is CCN(CC)C(=O)C(c1ccccc1)N1CCN(c2ccc(-c3cccn3C(=O)OC(C)(C)C)cc2F)CC1. The van der Waals surface area contributed by atoms with E-state index >= 15 is 4.39 Å². The molecular formula is C31H39FN4O3. The van der Waals surface area contributed by atoms with Crippen LogP contribution in [0.5, 0.6) is 0 Å². The summed E-state index contributed by atoms with van der Waals surface area (Å²) < 4.78 is 22.3. The molecule has 4 rings (SSSR count). The summed E-state index contributed by atoms with van der Waals surface area (Å²) in [5.41, 5.74) is 2.03. The predicted octanol–water partition coefficient (Wildman–Crippen LogP) is 5.81. The van der Waals surface area contributed by atoms with E-state index in [-0.39, 0.29) is 17.8 Å². The van der Waals surface area contributed by atoms with Crippen LogP contribution in [0, 0.1) is 5.82 Å². The van der Waals surface area contributed by atoms with Gasteiger partial charge in [0.25, 0.3) is 0 Å². The molecule has 1 unspecified atom stereocenters. The molecule has 1 amide bonds. The van der Waals surface area contributed by atoms with Gasteiger partial charge in [-0.1, -0.05) is 36.4 Å². The van der Waals surface area contributed by atoms with Crippen molar-refractivity contribution in [3.63, 3.8) is 0 Å². The van der Waals surface area contributed by atoms with Gasteiger partial charge < -0.3 is 14.5 Å². The zero-order valence-electron chi connectivity index (χ0n) is 23.6. The molecular weight excluding hydrogens is 495 g/mol. The van der Waals surface area contributed by atoms with Crippen LogP contribution < -0.4 is 4.90 Å². The summed E-state index contributed by atoms with van der Waals surface area (Å²) in [6, 6.07) is 18.1. The number of halogens is 1. The van der Waals surface area contributed by atoms with E-state index in [1.54, 1.807) is 24.4 Å². The molecule has 0 radical (unpaired) electrons. The molecule has 2 aromatic carbocycles. The number of benzene rings is 2. The van der Waals surface area contributed by atoms with Crippen LogP contribution in [0.15, 0.2) is 66.9 Å². The van der Waals surface area contributed by atoms with E-state index < -0.39 is 11.7 Å². The summed E-state index contributed by atoms with van der Waals surface area (Å²) in [6.45, 7) is 13.2. The van der Waals surface area contributed by atoms with Gasteiger partial charge in [0.15, 0.2) is 0 Å². The van der Waals surface area contributed by atoms with Crippen molar-refractivity contribution in [1.29, 1.82) is 0 Å². The molecule has 208 valence electrons. The number of rotatable bonds is 7. The number of amides is 1. The lowest BCUT2D eigenvalue weighted by Gasteiger charge is -2.41. The maximum absolute atomic E-state index is 15.4. The Kier molecular flexibility index (Phi) is 8.75. The molecule has 0 N–H and O–H groups in total. The fourth-order valence-electron chi connectivity index (χ4n) is 5.08. The van der Waals surface area contributed by atoms with Crippen molar-refractivity contribution >= 4 is 17.7 Å². The molecule has 2 heterocycles. The molecule has 1 aliphatic heterocycles. The van der Waals surface area contributed by atoms with Gasteiger partial charge in [-0.2, -0.15) is 0 Å². The van der Waals surface area contributed by atoms with Gasteiger partial charge in [-0.25, -0.2) is 9.18 Å². The van der Waals surface area contributed by atoms with Crippen LogP contribution in [0.4, 0.5) is 14.9 Å². The van der Waals surface area contributed by atoms with Gasteiger partial charge in [0.05, 0.1) is 11.4 Å². The number of likely N-dealkylation sites (N-methyl/N-ethyl adjacent to an activating group) is 1. The number of ether oxygens (including phenoxy) is 1. The van der Waals surface area contributed by atoms with E-state index in [4.69, 9.17) is 4.74 Å². The van der Waals surface area contributed by atoms with E-state index in [1.165, 1.54) is 10.6 Å². The molecule has 1 aromatic heterocycles. The van der Waals surface area contributed by atoms with Gasteiger partial charge in [-0.3, -0.25) is 14.3 Å². The number of aromatic nitrogens is 1. The smallest absolute Gasteiger partial charge is 0.418 e. The number of anilines is 1. The number of nitrogens with zero attached hydrogens (tertiary/aromatic N) is 4. The van der Waals surface area contributed by atoms with Crippen LogP contribution in [0.2, 0.25) is 0 Å². The third-order valence-corrected chi connectivity index (χ3v) is 7.03. The van der Waals surface area contributed by atoms with Crippen molar-refractivity contribution in [2.45, 2.75) is 46.3 Å². The number of hydrogen-bond donors (Lipinski definition) is 0. The Labute approximate surface area is 230 Å². The number of carbonyl (C=O) groups excluding carboxylic acids is 2. The third-order valence-electron chi connectivity index (χ3n) is 7.03. The van der Waals surface area contributed by atoms with Crippen LogP contribution in [0.3, 0.4) is 0 Å². The fraction of sp³-hybridized carbons (Fsp3) is 0.419. The first-order chi connectivity index (χ1) is 18.6. The summed E-state index contributed by atoms with van der Waals surface area (Å²) in [5, 5.41) is 0. The maximum atomic E-state index is 15.4. The Morgan fingerprint density at radius 2 is 1.62 bits per heavy atom. The summed E-state index contributed by atoms with van der Waals surface area (Å²) in [4.78, 5) is 32.2. The highest BCUT2D eigenvalue weighted by atomic mass is 19.1. The predicted molar refractivity (Wildman–Crippen MR) is 152 cm³/mol. The normalized spacial score (nSPS) is 15.2. The Hall–Kier alpha value is -3.65. The maximum Gasteiger partial charge on any atom is 0.418 e. The highest BCUT2D eigenvalue weighted by Crippen LogP contribution is 2.30. The molecule has 0 aliphatic carbocycles. The minimum atomic E-state index is -0.634. The Morgan fingerprint density at radius 1 is 0.949 bits per heavy atom. The molecule has 0 spiro atoms. The molecule has 1 fully saturated rings. The summed E-state index contributed by atoms with van der Waals surface area (Å²) in [7, 11) is 0. The van der Waals surface area contributed by atoms with E-state index in [9.17, 15) is 9.59 Å². The van der Waals surface area contributed by atoms with Crippen LogP contribution in [-0.4, -0.2) is 71.2 Å². The Balaban J connectivity index is 1.50. The minimum Gasteiger partial charge on any atom is -0.443 e. The average molecular weight is 535 g/mol. The Morgan fingerprint density at radius 3 is 2.21 bits per heavy atom. The first-order valence-electron chi connectivity index (χ1n) is 13.7. The van der Waals surface area contributed by atoms with E-state index in [1.807, 2.05) is 80.8 Å². The topological polar surface area (TPSA) is 58.0 Å². The number of carbonyl (C=O) groups is 2. The number of hydrogen-bond acceptors (Lipinski definition) is 5. The number of piperazine rings is 1. The lowest BCUT2D eigenvalue weighted by molar-refractivity contribution is -0.137. The Bertz CT molecular complexity index is 1270. The van der Waals surface area contributed by atoms with Crippen molar-refractivity contribution in [2.24, 2.45) is 0 Å². The van der Waals surface area contributed by atoms with Crippen LogP contribution >= 0.6 is 0 Å². The van der Waals surface area contributed by atoms with Crippen LogP contribution in [0.1, 0.15) is 46.2 Å². The molecule has 1 atom stereocenters. The van der Waals surface area contributed by atoms with Crippen molar-refractivity contribution in [2.75, 3.05) is 44.2 Å². The fourth-order valence-corrected chi connectivity index (χ4v) is 5.08. The summed E-state index contributed by atoms with van der Waals surface area (Å²) in [6.07, 6.45) is 1.12. The monoisotopic (exact) mass is 534 g/mol. The lowest BCUT2D eigenvalue weighted by atomic mass is 10.0. The van der Waals surface area contributed by atoms with Crippen LogP contribution in [-0.2, 0) is 9.53 Å². The second-order valence-corrected chi connectivity index (χ2v) is 10.8. The van der Waals surface area contributed by atoms with Gasteiger partial charge in [-0.05, 0) is 64.4 Å². The van der Waals surface area contributed by atoms with Crippen molar-refractivity contribution in [1.82, 2.24) is 14.4 Å². The third kappa shape index (κ3) is 6.50. The molecule has 1 saturated heterocycles. The largest absolute Gasteiger partial charge is 0.443 e. The molecule has 7 nitrogen and oxygen atoms in total. The average Bonchev–Trinajstić information content (AvgIpc) is 3.40. The molecule has 0 bridgehead atoms. The zero-order chi connectivity index (χ0) is 28.2. The standard InChI is InChI=1S/C31H39FN4O3/c1-6-33(7-2)29(37)28(23-12-9-8-10-13-23)35-20-18-34(19-21-35)27-16-15-24(22-25(27)32)26-14-11-17-36(26)30(38)39-31(3,4)5/h8-17,22,28H,6-7,18-21H2,1-5H3. The summed E-state index contributed by atoms with van der Waals surface area (Å²) in [5.74, 6) is -0.250. The molecule has 8 heteroatoms. The van der Waals surface area contributed by atoms with Crippen molar-refractivity contribution < 1.29 is 18.7 Å². The highest BCUT2D eigenvalue weighted by molar-refractivity contribution is 5.83. The van der Waals surface area contributed by atoms with Gasteiger partial charge in [0.2, 0.25) is 5.91 Å². The van der Waals surface area contributed by atoms with Gasteiger partial charge in [0.1, 0.15) is 17.5 Å². The molecule has 1 aliphatic rings. The van der Waals surface area contributed by atoms with E-state index in [0.29, 0.717) is 56.2 Å². The highest BCUT2D eigenvalue weighted by Gasteiger charge is 2.33. The van der Waals surface area contributed by atoms with E-state index in [2.05, 4.69) is 4.90 Å². The quantitative estimate of drug-likeness (QED) is 0.383.